The van der Waals surface area contributed by atoms with E-state index >= 15 is 0 Å². The molecule has 0 fully saturated rings. The van der Waals surface area contributed by atoms with Crippen LogP contribution in [0.5, 0.6) is 0 Å². The van der Waals surface area contributed by atoms with Crippen molar-refractivity contribution in [3.63, 3.8) is 0 Å². The van der Waals surface area contributed by atoms with Crippen LogP contribution in [0.2, 0.25) is 0 Å². The molecular formula is C9H5NO2S. The quantitative estimate of drug-likeness (QED) is 0.650. The van der Waals surface area contributed by atoms with Crippen molar-refractivity contribution in [1.82, 2.24) is 0 Å². The highest BCUT2D eigenvalue weighted by Gasteiger charge is 2.01. The second-order valence-electron chi connectivity index (χ2n) is 2.57. The van der Waals surface area contributed by atoms with Gasteiger partial charge in [0.15, 0.2) is 11.2 Å². The molecule has 13 heavy (non-hydrogen) atoms. The zero-order valence-electron chi connectivity index (χ0n) is 6.61. The monoisotopic (exact) mass is 191 g/mol. The van der Waals surface area contributed by atoms with Crippen molar-refractivity contribution < 1.29 is 8.83 Å². The lowest BCUT2D eigenvalue weighted by Gasteiger charge is -1.90. The number of benzene rings is 1. The third kappa shape index (κ3) is 1.46. The van der Waals surface area contributed by atoms with Crippen molar-refractivity contribution in [2.75, 3.05) is 0 Å². The normalized spacial score (nSPS) is 10.1. The zero-order valence-corrected chi connectivity index (χ0v) is 7.43. The summed E-state index contributed by atoms with van der Waals surface area (Å²) in [6.07, 6.45) is 0.364. The number of hydrogen-bond acceptors (Lipinski definition) is 4. The van der Waals surface area contributed by atoms with Crippen molar-refractivity contribution in [3.8, 4) is 6.07 Å². The van der Waals surface area contributed by atoms with Crippen LogP contribution >= 0.6 is 12.2 Å². The van der Waals surface area contributed by atoms with Crippen LogP contribution in [0.15, 0.2) is 27.0 Å². The Hall–Kier alpha value is -1.60. The fourth-order valence-electron chi connectivity index (χ4n) is 1.12. The van der Waals surface area contributed by atoms with E-state index in [2.05, 4.69) is 6.07 Å². The van der Waals surface area contributed by atoms with Gasteiger partial charge in [-0.3, -0.25) is 0 Å². The lowest BCUT2D eigenvalue weighted by atomic mass is 10.2. The molecule has 0 radical (unpaired) electrons. The van der Waals surface area contributed by atoms with Crippen LogP contribution < -0.4 is 0 Å². The summed E-state index contributed by atoms with van der Waals surface area (Å²) in [6.45, 7) is 0. The number of nitrogens with zero attached hydrogens (tertiary/aromatic N) is 1. The predicted molar refractivity (Wildman–Crippen MR) is 48.6 cm³/mol. The van der Waals surface area contributed by atoms with Crippen molar-refractivity contribution in [1.29, 1.82) is 5.26 Å². The standard InChI is InChI=1S/C9H5NO2S/c10-4-3-6-1-2-7-8(5-6)12-9(13)11-7/h1-2,5H,3H2. The summed E-state index contributed by atoms with van der Waals surface area (Å²) in [5.41, 5.74) is 2.11. The summed E-state index contributed by atoms with van der Waals surface area (Å²) < 4.78 is 10.2. The molecule has 1 aromatic heterocycles. The van der Waals surface area contributed by atoms with E-state index in [0.29, 0.717) is 17.6 Å². The minimum atomic E-state index is 0.115. The first kappa shape index (κ1) is 8.02. The lowest BCUT2D eigenvalue weighted by Crippen LogP contribution is -1.78. The maximum Gasteiger partial charge on any atom is 0.363 e. The Morgan fingerprint density at radius 3 is 2.85 bits per heavy atom. The van der Waals surface area contributed by atoms with E-state index in [1.165, 1.54) is 0 Å². The molecule has 0 aliphatic rings. The Morgan fingerprint density at radius 2 is 2.08 bits per heavy atom. The minimum absolute atomic E-state index is 0.115. The number of hydrogen-bond donors (Lipinski definition) is 0. The van der Waals surface area contributed by atoms with Gasteiger partial charge in [0.05, 0.1) is 12.5 Å². The molecule has 0 atom stereocenters. The van der Waals surface area contributed by atoms with Crippen LogP contribution in [-0.4, -0.2) is 0 Å². The second-order valence-corrected chi connectivity index (χ2v) is 2.90. The van der Waals surface area contributed by atoms with Gasteiger partial charge in [0.1, 0.15) is 0 Å². The van der Waals surface area contributed by atoms with Gasteiger partial charge in [-0.05, 0) is 17.7 Å². The van der Waals surface area contributed by atoms with Gasteiger partial charge in [-0.15, -0.1) is 0 Å². The van der Waals surface area contributed by atoms with Crippen LogP contribution in [0.1, 0.15) is 5.56 Å². The SMILES string of the molecule is N#CCc1ccc2oc(=S)oc2c1. The largest absolute Gasteiger partial charge is 0.413 e. The summed E-state index contributed by atoms with van der Waals surface area (Å²) in [4.78, 5) is 0.115. The molecule has 0 unspecified atom stereocenters. The molecule has 0 bridgehead atoms. The van der Waals surface area contributed by atoms with E-state index in [1.807, 2.05) is 6.07 Å². The molecule has 0 aliphatic heterocycles. The molecule has 1 aromatic carbocycles. The van der Waals surface area contributed by atoms with Gasteiger partial charge in [0.25, 0.3) is 0 Å². The maximum absolute atomic E-state index is 8.47. The van der Waals surface area contributed by atoms with E-state index in [4.69, 9.17) is 26.3 Å². The van der Waals surface area contributed by atoms with Crippen LogP contribution in [0.3, 0.4) is 0 Å². The maximum atomic E-state index is 8.47. The summed E-state index contributed by atoms with van der Waals surface area (Å²) in [5, 5.41) is 8.47. The Balaban J connectivity index is 2.62. The Labute approximate surface area is 79.2 Å². The third-order valence-corrected chi connectivity index (χ3v) is 1.84. The van der Waals surface area contributed by atoms with Gasteiger partial charge < -0.3 is 8.83 Å². The van der Waals surface area contributed by atoms with Crippen LogP contribution in [-0.2, 0) is 6.42 Å². The van der Waals surface area contributed by atoms with Gasteiger partial charge in [0.2, 0.25) is 0 Å². The molecule has 4 heteroatoms. The van der Waals surface area contributed by atoms with Crippen molar-refractivity contribution in [2.24, 2.45) is 0 Å². The van der Waals surface area contributed by atoms with Gasteiger partial charge in [-0.2, -0.15) is 5.26 Å². The molecule has 0 saturated carbocycles. The Bertz CT molecular complexity index is 532. The minimum Gasteiger partial charge on any atom is -0.413 e. The van der Waals surface area contributed by atoms with E-state index < -0.39 is 0 Å². The van der Waals surface area contributed by atoms with Crippen LogP contribution in [0.4, 0.5) is 0 Å². The van der Waals surface area contributed by atoms with Crippen LogP contribution in [0, 0.1) is 16.2 Å². The molecule has 1 heterocycles. The van der Waals surface area contributed by atoms with E-state index in [9.17, 15) is 0 Å². The van der Waals surface area contributed by atoms with Gasteiger partial charge in [-0.25, -0.2) is 0 Å². The average Bonchev–Trinajstić information content (AvgIpc) is 2.44. The highest BCUT2D eigenvalue weighted by atomic mass is 32.1. The Kier molecular flexibility index (Phi) is 1.87. The summed E-state index contributed by atoms with van der Waals surface area (Å²) in [6, 6.07) is 7.39. The van der Waals surface area contributed by atoms with Gasteiger partial charge in [-0.1, -0.05) is 6.07 Å². The molecule has 3 nitrogen and oxygen atoms in total. The first-order valence-corrected chi connectivity index (χ1v) is 4.10. The highest BCUT2D eigenvalue weighted by molar-refractivity contribution is 7.71. The number of rotatable bonds is 1. The van der Waals surface area contributed by atoms with Gasteiger partial charge >= 0.3 is 4.90 Å². The topological polar surface area (TPSA) is 50.1 Å². The van der Waals surface area contributed by atoms with Crippen molar-refractivity contribution in [2.45, 2.75) is 6.42 Å². The smallest absolute Gasteiger partial charge is 0.363 e. The second kappa shape index (κ2) is 3.04. The summed E-state index contributed by atoms with van der Waals surface area (Å²) in [7, 11) is 0. The first-order valence-electron chi connectivity index (χ1n) is 3.69. The fourth-order valence-corrected chi connectivity index (χ4v) is 1.30. The van der Waals surface area contributed by atoms with Gasteiger partial charge in [0, 0.05) is 12.2 Å². The molecule has 0 N–H and O–H groups in total. The predicted octanol–water partition coefficient (Wildman–Crippen LogP) is 2.82. The van der Waals surface area contributed by atoms with E-state index in [1.54, 1.807) is 12.1 Å². The lowest BCUT2D eigenvalue weighted by molar-refractivity contribution is 0.444. The molecule has 2 rings (SSSR count). The Morgan fingerprint density at radius 1 is 1.31 bits per heavy atom. The zero-order chi connectivity index (χ0) is 9.26. The van der Waals surface area contributed by atoms with Crippen LogP contribution in [0.25, 0.3) is 11.2 Å². The fraction of sp³-hybridized carbons (Fsp3) is 0.111. The molecule has 0 saturated heterocycles. The average molecular weight is 191 g/mol. The molecule has 64 valence electrons. The number of fused-ring (bicyclic) bond motifs is 1. The molecule has 2 aromatic rings. The van der Waals surface area contributed by atoms with E-state index in [-0.39, 0.29) is 4.90 Å². The van der Waals surface area contributed by atoms with Crippen molar-refractivity contribution in [3.05, 3.63) is 28.7 Å². The summed E-state index contributed by atoms with van der Waals surface area (Å²) in [5.74, 6) is 0. The molecule has 0 spiro atoms. The molecular weight excluding hydrogens is 186 g/mol. The molecule has 0 aliphatic carbocycles. The highest BCUT2D eigenvalue weighted by Crippen LogP contribution is 2.18. The third-order valence-electron chi connectivity index (χ3n) is 1.68. The summed E-state index contributed by atoms with van der Waals surface area (Å²) >= 11 is 4.72. The van der Waals surface area contributed by atoms with E-state index in [0.717, 1.165) is 5.56 Å². The first-order chi connectivity index (χ1) is 6.29. The number of nitriles is 1. The molecule has 0 amide bonds. The van der Waals surface area contributed by atoms with Crippen molar-refractivity contribution >= 4 is 23.4 Å².